The van der Waals surface area contributed by atoms with Crippen LogP contribution in [0.1, 0.15) is 12.0 Å². The van der Waals surface area contributed by atoms with Crippen molar-refractivity contribution < 1.29 is 9.18 Å². The van der Waals surface area contributed by atoms with Crippen LogP contribution in [0.4, 0.5) is 10.1 Å². The van der Waals surface area contributed by atoms with Gasteiger partial charge in [-0.1, -0.05) is 42.5 Å². The Morgan fingerprint density at radius 2 is 1.70 bits per heavy atom. The maximum absolute atomic E-state index is 13.9. The van der Waals surface area contributed by atoms with Gasteiger partial charge in [0.2, 0.25) is 5.91 Å². The topological polar surface area (TPSA) is 46.3 Å². The smallest absolute Gasteiger partial charge is 0.228 e. The van der Waals surface area contributed by atoms with Crippen LogP contribution in [0, 0.1) is 5.82 Å². The Labute approximate surface area is 117 Å². The van der Waals surface area contributed by atoms with Gasteiger partial charge in [0.1, 0.15) is 5.82 Å². The number of amides is 1. The standard InChI is InChI=1S/C16H17FN2O/c17-14-8-4-5-9-15(14)19(16(20)10-11-18)12-13-6-2-1-3-7-13/h1-9H,10-12,18H2. The second kappa shape index (κ2) is 6.82. The summed E-state index contributed by atoms with van der Waals surface area (Å²) in [5, 5.41) is 0. The molecule has 0 spiro atoms. The van der Waals surface area contributed by atoms with Crippen LogP contribution < -0.4 is 10.6 Å². The fraction of sp³-hybridized carbons (Fsp3) is 0.188. The summed E-state index contributed by atoms with van der Waals surface area (Å²) in [5.74, 6) is -0.588. The number of nitrogens with zero attached hydrogens (tertiary/aromatic N) is 1. The number of nitrogens with two attached hydrogens (primary N) is 1. The Hall–Kier alpha value is -2.20. The lowest BCUT2D eigenvalue weighted by atomic mass is 10.1. The van der Waals surface area contributed by atoms with Crippen LogP contribution in [-0.2, 0) is 11.3 Å². The number of hydrogen-bond donors (Lipinski definition) is 1. The number of halogens is 1. The van der Waals surface area contributed by atoms with Gasteiger partial charge in [-0.15, -0.1) is 0 Å². The fourth-order valence-electron chi connectivity index (χ4n) is 2.00. The van der Waals surface area contributed by atoms with E-state index in [1.165, 1.54) is 11.0 Å². The average Bonchev–Trinajstić information content (AvgIpc) is 2.47. The highest BCUT2D eigenvalue weighted by atomic mass is 19.1. The van der Waals surface area contributed by atoms with Crippen molar-refractivity contribution in [3.05, 3.63) is 66.0 Å². The lowest BCUT2D eigenvalue weighted by Crippen LogP contribution is -2.32. The third kappa shape index (κ3) is 3.42. The molecule has 2 rings (SSSR count). The van der Waals surface area contributed by atoms with Crippen LogP contribution in [0.15, 0.2) is 54.6 Å². The third-order valence-electron chi connectivity index (χ3n) is 2.99. The van der Waals surface area contributed by atoms with E-state index in [1.54, 1.807) is 18.2 Å². The van der Waals surface area contributed by atoms with Gasteiger partial charge in [0.25, 0.3) is 0 Å². The molecule has 0 radical (unpaired) electrons. The molecule has 20 heavy (non-hydrogen) atoms. The molecule has 1 amide bonds. The van der Waals surface area contributed by atoms with E-state index in [0.717, 1.165) is 5.56 Å². The van der Waals surface area contributed by atoms with Crippen LogP contribution in [0.25, 0.3) is 0 Å². The highest BCUT2D eigenvalue weighted by Gasteiger charge is 2.18. The maximum atomic E-state index is 13.9. The Morgan fingerprint density at radius 3 is 2.35 bits per heavy atom. The number of benzene rings is 2. The van der Waals surface area contributed by atoms with Crippen molar-refractivity contribution >= 4 is 11.6 Å². The van der Waals surface area contributed by atoms with E-state index in [2.05, 4.69) is 0 Å². The number of carbonyl (C=O) groups is 1. The first-order valence-electron chi connectivity index (χ1n) is 6.51. The van der Waals surface area contributed by atoms with Gasteiger partial charge < -0.3 is 10.6 Å². The molecule has 0 aliphatic carbocycles. The van der Waals surface area contributed by atoms with Gasteiger partial charge in [-0.05, 0) is 17.7 Å². The molecule has 0 saturated heterocycles. The molecule has 0 fully saturated rings. The Bertz CT molecular complexity index is 572. The molecule has 3 nitrogen and oxygen atoms in total. The molecule has 4 heteroatoms. The van der Waals surface area contributed by atoms with E-state index in [4.69, 9.17) is 5.73 Å². The molecule has 2 N–H and O–H groups in total. The van der Waals surface area contributed by atoms with Gasteiger partial charge in [-0.3, -0.25) is 4.79 Å². The second-order valence-electron chi connectivity index (χ2n) is 4.46. The molecule has 104 valence electrons. The van der Waals surface area contributed by atoms with Crippen molar-refractivity contribution in [2.75, 3.05) is 11.4 Å². The fourth-order valence-corrected chi connectivity index (χ4v) is 2.00. The highest BCUT2D eigenvalue weighted by molar-refractivity contribution is 5.93. The van der Waals surface area contributed by atoms with Crippen molar-refractivity contribution in [3.63, 3.8) is 0 Å². The number of anilines is 1. The van der Waals surface area contributed by atoms with Crippen LogP contribution in [0.2, 0.25) is 0 Å². The molecule has 0 atom stereocenters. The number of para-hydroxylation sites is 1. The van der Waals surface area contributed by atoms with E-state index in [0.29, 0.717) is 6.54 Å². The molecule has 0 bridgehead atoms. The quantitative estimate of drug-likeness (QED) is 0.909. The largest absolute Gasteiger partial charge is 0.330 e. The van der Waals surface area contributed by atoms with Gasteiger partial charge >= 0.3 is 0 Å². The molecule has 0 aliphatic rings. The van der Waals surface area contributed by atoms with Gasteiger partial charge in [-0.2, -0.15) is 0 Å². The summed E-state index contributed by atoms with van der Waals surface area (Å²) in [6, 6.07) is 15.8. The highest BCUT2D eigenvalue weighted by Crippen LogP contribution is 2.21. The number of hydrogen-bond acceptors (Lipinski definition) is 2. The third-order valence-corrected chi connectivity index (χ3v) is 2.99. The predicted octanol–water partition coefficient (Wildman–Crippen LogP) is 2.71. The Kier molecular flexibility index (Phi) is 4.85. The van der Waals surface area contributed by atoms with Crippen molar-refractivity contribution in [1.82, 2.24) is 0 Å². The van der Waals surface area contributed by atoms with Crippen molar-refractivity contribution in [2.24, 2.45) is 5.73 Å². The monoisotopic (exact) mass is 272 g/mol. The molecule has 0 saturated carbocycles. The minimum Gasteiger partial charge on any atom is -0.330 e. The first-order chi connectivity index (χ1) is 9.72. The zero-order valence-corrected chi connectivity index (χ0v) is 11.1. The van der Waals surface area contributed by atoms with Crippen LogP contribution in [0.5, 0.6) is 0 Å². The van der Waals surface area contributed by atoms with Gasteiger partial charge in [0.15, 0.2) is 0 Å². The normalized spacial score (nSPS) is 10.3. The summed E-state index contributed by atoms with van der Waals surface area (Å²) in [6.45, 7) is 0.583. The van der Waals surface area contributed by atoms with E-state index in [-0.39, 0.29) is 24.6 Å². The predicted molar refractivity (Wildman–Crippen MR) is 77.7 cm³/mol. The molecule has 0 aliphatic heterocycles. The van der Waals surface area contributed by atoms with Crippen molar-refractivity contribution in [2.45, 2.75) is 13.0 Å². The molecule has 2 aromatic rings. The van der Waals surface area contributed by atoms with E-state index in [1.807, 2.05) is 30.3 Å². The minimum absolute atomic E-state index is 0.179. The van der Waals surface area contributed by atoms with Crippen molar-refractivity contribution in [1.29, 1.82) is 0 Å². The molecule has 2 aromatic carbocycles. The van der Waals surface area contributed by atoms with Gasteiger partial charge in [0, 0.05) is 13.0 Å². The molecule has 0 heterocycles. The summed E-state index contributed by atoms with van der Waals surface area (Å²) in [7, 11) is 0. The van der Waals surface area contributed by atoms with Crippen molar-refractivity contribution in [3.8, 4) is 0 Å². The summed E-state index contributed by atoms with van der Waals surface area (Å²) in [6.07, 6.45) is 0.196. The SMILES string of the molecule is NCCC(=O)N(Cc1ccccc1)c1ccccc1F. The second-order valence-corrected chi connectivity index (χ2v) is 4.46. The number of carbonyl (C=O) groups excluding carboxylic acids is 1. The zero-order chi connectivity index (χ0) is 14.4. The number of rotatable bonds is 5. The molecule has 0 unspecified atom stereocenters. The van der Waals surface area contributed by atoms with Crippen LogP contribution in [-0.4, -0.2) is 12.5 Å². The first kappa shape index (κ1) is 14.2. The minimum atomic E-state index is -0.409. The molecular formula is C16H17FN2O. The maximum Gasteiger partial charge on any atom is 0.228 e. The Balaban J connectivity index is 2.30. The molecule has 0 aromatic heterocycles. The zero-order valence-electron chi connectivity index (χ0n) is 11.1. The average molecular weight is 272 g/mol. The lowest BCUT2D eigenvalue weighted by Gasteiger charge is -2.23. The van der Waals surface area contributed by atoms with E-state index >= 15 is 0 Å². The van der Waals surface area contributed by atoms with E-state index < -0.39 is 5.82 Å². The van der Waals surface area contributed by atoms with Gasteiger partial charge in [-0.25, -0.2) is 4.39 Å². The summed E-state index contributed by atoms with van der Waals surface area (Å²) in [4.78, 5) is 13.6. The molecular weight excluding hydrogens is 255 g/mol. The summed E-state index contributed by atoms with van der Waals surface area (Å²) in [5.41, 5.74) is 6.67. The Morgan fingerprint density at radius 1 is 1.05 bits per heavy atom. The van der Waals surface area contributed by atoms with Gasteiger partial charge in [0.05, 0.1) is 12.2 Å². The van der Waals surface area contributed by atoms with Crippen LogP contribution in [0.3, 0.4) is 0 Å². The first-order valence-corrected chi connectivity index (χ1v) is 6.51. The van der Waals surface area contributed by atoms with Crippen LogP contribution >= 0.6 is 0 Å². The van der Waals surface area contributed by atoms with E-state index in [9.17, 15) is 9.18 Å². The summed E-state index contributed by atoms with van der Waals surface area (Å²) >= 11 is 0. The summed E-state index contributed by atoms with van der Waals surface area (Å²) < 4.78 is 13.9. The lowest BCUT2D eigenvalue weighted by molar-refractivity contribution is -0.118.